The summed E-state index contributed by atoms with van der Waals surface area (Å²) in [5, 5.41) is 95.9. The molecule has 0 aromatic carbocycles. The number of carbonyl (C=O) groups is 4. The van der Waals surface area contributed by atoms with Crippen LogP contribution in [0.15, 0.2) is 0 Å². The fraction of sp³-hybridized carbons (Fsp3) is 0.929. The lowest BCUT2D eigenvalue weighted by molar-refractivity contribution is -0.292. The number of unbranched alkanes of at least 4 members (excludes halogenated alkanes) is 4. The van der Waals surface area contributed by atoms with Crippen LogP contribution in [-0.2, 0) is 9.47 Å². The minimum Gasteiger partial charge on any atom is -0.388 e. The molecule has 10 atom stereocenters. The standard InChI is InChI=1S/C56H122N20O10/c57-17-9-29-61-21-1-5-25-65-33-13-37-69-53(81)73-42-45-48(78)49(79)46(76-56(84)72-40-16-36-68-28-8-4-24-64-32-12-20-60)52(85-45)86-51-44(75-55(83)71-39-15-35-67-27-7-3-23-63-31-11-19-59)41-43(47(77)50(51)80)74-54(82)70-38-14-34-66-26-6-2-22-62-30-10-18-58/h43-52,61-68,77-80H,1-42,57-60H2,(H2,69,73,81)(H2,70,74,82)(H2,71,75,83)(H2,72,76,84)/t43-,44+,45-,46-,47+,48-,49-,50-,51-,52-/m1/s1. The Bertz CT molecular complexity index is 1650. The normalized spacial score (nSPS) is 22.0. The van der Waals surface area contributed by atoms with Crippen molar-refractivity contribution in [3.05, 3.63) is 0 Å². The fourth-order valence-electron chi connectivity index (χ4n) is 9.67. The van der Waals surface area contributed by atoms with E-state index in [2.05, 4.69) is 85.1 Å². The number of nitrogens with one attached hydrogen (secondary N) is 16. The zero-order valence-corrected chi connectivity index (χ0v) is 52.0. The van der Waals surface area contributed by atoms with Gasteiger partial charge in [-0.3, -0.25) is 0 Å². The van der Waals surface area contributed by atoms with Crippen LogP contribution >= 0.6 is 0 Å². The van der Waals surface area contributed by atoms with Crippen molar-refractivity contribution in [3.8, 4) is 0 Å². The molecular weight excluding hydrogens is 1110 g/mol. The maximum absolute atomic E-state index is 13.6. The summed E-state index contributed by atoms with van der Waals surface area (Å²) in [6, 6.07) is -6.10. The Morgan fingerprint density at radius 3 is 1.02 bits per heavy atom. The Kier molecular flexibility index (Phi) is 49.5. The van der Waals surface area contributed by atoms with E-state index in [9.17, 15) is 39.6 Å². The Morgan fingerprint density at radius 1 is 0.349 bits per heavy atom. The molecule has 1 saturated heterocycles. The van der Waals surface area contributed by atoms with Crippen LogP contribution in [0.2, 0.25) is 0 Å². The highest BCUT2D eigenvalue weighted by Gasteiger charge is 2.51. The van der Waals surface area contributed by atoms with Crippen LogP contribution < -0.4 is 108 Å². The summed E-state index contributed by atoms with van der Waals surface area (Å²) in [4.78, 5) is 53.4. The summed E-state index contributed by atoms with van der Waals surface area (Å²) >= 11 is 0. The Labute approximate surface area is 513 Å². The van der Waals surface area contributed by atoms with Crippen LogP contribution in [0.4, 0.5) is 19.2 Å². The quantitative estimate of drug-likeness (QED) is 0.0254. The van der Waals surface area contributed by atoms with Gasteiger partial charge in [0.2, 0.25) is 0 Å². The molecule has 0 aromatic rings. The molecule has 2 rings (SSSR count). The van der Waals surface area contributed by atoms with Gasteiger partial charge in [-0.15, -0.1) is 0 Å². The van der Waals surface area contributed by atoms with Crippen molar-refractivity contribution < 1.29 is 49.1 Å². The Morgan fingerprint density at radius 2 is 0.663 bits per heavy atom. The van der Waals surface area contributed by atoms with Crippen molar-refractivity contribution in [2.45, 2.75) is 170 Å². The molecule has 1 heterocycles. The van der Waals surface area contributed by atoms with Crippen molar-refractivity contribution in [3.63, 3.8) is 0 Å². The highest BCUT2D eigenvalue weighted by atomic mass is 16.7. The first-order valence-electron chi connectivity index (χ1n) is 32.6. The molecule has 30 nitrogen and oxygen atoms in total. The number of carbonyl (C=O) groups excluding carboxylic acids is 4. The van der Waals surface area contributed by atoms with E-state index in [0.29, 0.717) is 97.7 Å². The van der Waals surface area contributed by atoms with E-state index in [1.54, 1.807) is 0 Å². The van der Waals surface area contributed by atoms with Crippen molar-refractivity contribution in [2.24, 2.45) is 22.9 Å². The summed E-state index contributed by atoms with van der Waals surface area (Å²) < 4.78 is 12.7. The van der Waals surface area contributed by atoms with Crippen LogP contribution in [-0.4, -0.2) is 269 Å². The average molecular weight is 1240 g/mol. The number of rotatable bonds is 55. The van der Waals surface area contributed by atoms with E-state index in [4.69, 9.17) is 32.4 Å². The van der Waals surface area contributed by atoms with Crippen LogP contribution in [0.5, 0.6) is 0 Å². The molecular formula is C56H122N20O10. The van der Waals surface area contributed by atoms with E-state index < -0.39 is 85.2 Å². The van der Waals surface area contributed by atoms with Crippen molar-refractivity contribution in [1.29, 1.82) is 0 Å². The molecule has 0 spiro atoms. The molecule has 506 valence electrons. The number of urea groups is 4. The van der Waals surface area contributed by atoms with E-state index >= 15 is 0 Å². The molecule has 1 saturated carbocycles. The average Bonchev–Trinajstić information content (AvgIpc) is 3.12. The number of aliphatic hydroxyl groups excluding tert-OH is 4. The molecule has 0 unspecified atom stereocenters. The minimum atomic E-state index is -1.78. The lowest BCUT2D eigenvalue weighted by atomic mass is 9.83. The zero-order valence-electron chi connectivity index (χ0n) is 52.0. The largest absolute Gasteiger partial charge is 0.388 e. The Hall–Kier alpha value is -3.64. The van der Waals surface area contributed by atoms with Crippen LogP contribution in [0.1, 0.15) is 109 Å². The molecule has 86 heavy (non-hydrogen) atoms. The minimum absolute atomic E-state index is 0.126. The monoisotopic (exact) mass is 1230 g/mol. The second-order valence-electron chi connectivity index (χ2n) is 22.2. The zero-order chi connectivity index (χ0) is 62.5. The van der Waals surface area contributed by atoms with Crippen molar-refractivity contribution in [1.82, 2.24) is 85.1 Å². The molecule has 2 fully saturated rings. The van der Waals surface area contributed by atoms with Gasteiger partial charge in [0, 0.05) is 32.7 Å². The first kappa shape index (κ1) is 78.5. The SMILES string of the molecule is NCCCNCCCCNCCCNC(=O)NC[C@H]1O[C@H](O[C@H]2[C@H](O)[C@@H](O)[C@H](NC(=O)NCCCNCCCCNCCCN)C[C@@H]2NC(=O)NCCCNCCCCNCCCN)[C@H](NC(=O)NCCCNCCCCNCCCN)[C@@H](O)[C@@H]1O. The summed E-state index contributed by atoms with van der Waals surface area (Å²) in [6.45, 7) is 16.8. The predicted molar refractivity (Wildman–Crippen MR) is 338 cm³/mol. The lowest BCUT2D eigenvalue weighted by Gasteiger charge is -2.48. The van der Waals surface area contributed by atoms with Gasteiger partial charge in [-0.2, -0.15) is 0 Å². The van der Waals surface area contributed by atoms with Gasteiger partial charge in [0.15, 0.2) is 6.29 Å². The van der Waals surface area contributed by atoms with Gasteiger partial charge in [0.05, 0.1) is 12.1 Å². The van der Waals surface area contributed by atoms with E-state index in [1.165, 1.54) is 0 Å². The van der Waals surface area contributed by atoms with E-state index in [-0.39, 0.29) is 19.5 Å². The summed E-state index contributed by atoms with van der Waals surface area (Å²) in [6.07, 6.45) is 3.00. The van der Waals surface area contributed by atoms with Crippen LogP contribution in [0, 0.1) is 0 Å². The number of aliphatic hydroxyl groups is 4. The molecule has 8 amide bonds. The lowest BCUT2D eigenvalue weighted by Crippen LogP contribution is -2.70. The Balaban J connectivity index is 2.16. The maximum Gasteiger partial charge on any atom is 0.315 e. The maximum atomic E-state index is 13.6. The second-order valence-corrected chi connectivity index (χ2v) is 22.2. The van der Waals surface area contributed by atoms with Gasteiger partial charge in [-0.25, -0.2) is 19.2 Å². The highest BCUT2D eigenvalue weighted by molar-refractivity contribution is 5.76. The topological polar surface area (TPSA) is 464 Å². The number of nitrogens with two attached hydrogens (primary N) is 4. The molecule has 0 bridgehead atoms. The molecule has 30 heteroatoms. The van der Waals surface area contributed by atoms with Gasteiger partial charge in [0.25, 0.3) is 0 Å². The third-order valence-corrected chi connectivity index (χ3v) is 14.7. The third kappa shape index (κ3) is 39.4. The summed E-state index contributed by atoms with van der Waals surface area (Å²) in [7, 11) is 0. The van der Waals surface area contributed by atoms with Crippen molar-refractivity contribution in [2.75, 3.05) is 164 Å². The van der Waals surface area contributed by atoms with E-state index in [0.717, 1.165) is 156 Å². The third-order valence-electron chi connectivity index (χ3n) is 14.7. The summed E-state index contributed by atoms with van der Waals surface area (Å²) in [5.41, 5.74) is 22.2. The van der Waals surface area contributed by atoms with Gasteiger partial charge in [-0.1, -0.05) is 0 Å². The number of hydrogen-bond donors (Lipinski definition) is 24. The fourth-order valence-corrected chi connectivity index (χ4v) is 9.67. The summed E-state index contributed by atoms with van der Waals surface area (Å²) in [5.74, 6) is 0. The number of amides is 8. The van der Waals surface area contributed by atoms with E-state index in [1.807, 2.05) is 0 Å². The predicted octanol–water partition coefficient (Wildman–Crippen LogP) is -4.96. The molecule has 28 N–H and O–H groups in total. The number of ether oxygens (including phenoxy) is 2. The molecule has 1 aliphatic carbocycles. The van der Waals surface area contributed by atoms with Gasteiger partial charge in [-0.05, 0) is 240 Å². The van der Waals surface area contributed by atoms with Crippen LogP contribution in [0.25, 0.3) is 0 Å². The van der Waals surface area contributed by atoms with Gasteiger partial charge < -0.3 is 138 Å². The van der Waals surface area contributed by atoms with Crippen LogP contribution in [0.3, 0.4) is 0 Å². The second kappa shape index (κ2) is 54.3. The highest BCUT2D eigenvalue weighted by Crippen LogP contribution is 2.29. The molecule has 0 aromatic heterocycles. The first-order valence-corrected chi connectivity index (χ1v) is 32.6. The molecule has 2 aliphatic rings. The molecule has 0 radical (unpaired) electrons. The smallest absolute Gasteiger partial charge is 0.315 e. The first-order chi connectivity index (χ1) is 42.0. The number of hydrogen-bond acceptors (Lipinski definition) is 22. The van der Waals surface area contributed by atoms with Gasteiger partial charge >= 0.3 is 24.1 Å². The molecule has 1 aliphatic heterocycles. The van der Waals surface area contributed by atoms with Crippen molar-refractivity contribution >= 4 is 24.1 Å². The van der Waals surface area contributed by atoms with Gasteiger partial charge in [0.1, 0.15) is 42.7 Å².